The Labute approximate surface area is 235 Å². The van der Waals surface area contributed by atoms with E-state index < -0.39 is 0 Å². The Morgan fingerprint density at radius 1 is 0.487 bits per heavy atom. The number of methoxy groups -OCH3 is 6. The molecular formula is C31H48N2O6. The first-order chi connectivity index (χ1) is 19.1. The molecule has 3 rings (SSSR count). The number of unbranched alkanes of at least 4 members (excludes halogenated alkanes) is 2. The van der Waals surface area contributed by atoms with Crippen molar-refractivity contribution in [2.45, 2.75) is 44.9 Å². The lowest BCUT2D eigenvalue weighted by atomic mass is 10.0. The normalized spacial score (nSPS) is 14.5. The molecular weight excluding hydrogens is 496 g/mol. The average Bonchev–Trinajstić information content (AvgIpc) is 3.21. The first-order valence-electron chi connectivity index (χ1n) is 14.1. The highest BCUT2D eigenvalue weighted by molar-refractivity contribution is 5.51. The van der Waals surface area contributed by atoms with Crippen molar-refractivity contribution in [2.75, 3.05) is 81.9 Å². The van der Waals surface area contributed by atoms with Gasteiger partial charge in [-0.1, -0.05) is 0 Å². The first-order valence-corrected chi connectivity index (χ1v) is 14.1. The third-order valence-corrected chi connectivity index (χ3v) is 7.62. The molecule has 0 saturated carbocycles. The van der Waals surface area contributed by atoms with Crippen molar-refractivity contribution >= 4 is 0 Å². The summed E-state index contributed by atoms with van der Waals surface area (Å²) < 4.78 is 33.2. The predicted molar refractivity (Wildman–Crippen MR) is 156 cm³/mol. The summed E-state index contributed by atoms with van der Waals surface area (Å²) in [4.78, 5) is 5.24. The maximum absolute atomic E-state index is 5.61. The van der Waals surface area contributed by atoms with E-state index in [-0.39, 0.29) is 0 Å². The van der Waals surface area contributed by atoms with Crippen molar-refractivity contribution in [3.8, 4) is 34.5 Å². The molecule has 2 aromatic carbocycles. The fourth-order valence-corrected chi connectivity index (χ4v) is 5.39. The molecule has 0 aliphatic carbocycles. The van der Waals surface area contributed by atoms with Gasteiger partial charge in [0.2, 0.25) is 0 Å². The Morgan fingerprint density at radius 3 is 1.15 bits per heavy atom. The molecule has 1 aliphatic rings. The van der Waals surface area contributed by atoms with Gasteiger partial charge in [0, 0.05) is 48.5 Å². The summed E-state index contributed by atoms with van der Waals surface area (Å²) in [6, 6.07) is 7.74. The number of hydrogen-bond acceptors (Lipinski definition) is 8. The molecule has 1 fully saturated rings. The molecule has 0 unspecified atom stereocenters. The molecule has 39 heavy (non-hydrogen) atoms. The summed E-state index contributed by atoms with van der Waals surface area (Å²) in [6.45, 7) is 6.87. The van der Waals surface area contributed by atoms with Gasteiger partial charge in [-0.05, 0) is 71.1 Å². The Bertz CT molecular complexity index is 885. The van der Waals surface area contributed by atoms with E-state index in [2.05, 4.69) is 9.80 Å². The van der Waals surface area contributed by atoms with Crippen LogP contribution in [0.25, 0.3) is 0 Å². The number of ether oxygens (including phenoxy) is 6. The number of benzene rings is 2. The van der Waals surface area contributed by atoms with Crippen molar-refractivity contribution < 1.29 is 28.4 Å². The van der Waals surface area contributed by atoms with Crippen LogP contribution in [0.15, 0.2) is 24.3 Å². The van der Waals surface area contributed by atoms with Gasteiger partial charge in [-0.3, -0.25) is 0 Å². The fourth-order valence-electron chi connectivity index (χ4n) is 5.39. The van der Waals surface area contributed by atoms with Crippen molar-refractivity contribution in [2.24, 2.45) is 0 Å². The number of rotatable bonds is 16. The van der Waals surface area contributed by atoms with Gasteiger partial charge in [0.1, 0.15) is 34.5 Å². The van der Waals surface area contributed by atoms with Crippen molar-refractivity contribution in [1.82, 2.24) is 9.80 Å². The third-order valence-electron chi connectivity index (χ3n) is 7.62. The van der Waals surface area contributed by atoms with E-state index in [0.717, 1.165) is 110 Å². The van der Waals surface area contributed by atoms with Crippen LogP contribution in [0.2, 0.25) is 0 Å². The average molecular weight is 545 g/mol. The topological polar surface area (TPSA) is 61.9 Å². The second-order valence-electron chi connectivity index (χ2n) is 9.97. The molecule has 218 valence electrons. The summed E-state index contributed by atoms with van der Waals surface area (Å²) in [7, 11) is 10.1. The minimum absolute atomic E-state index is 0.752. The van der Waals surface area contributed by atoms with Crippen LogP contribution in [-0.4, -0.2) is 91.7 Å². The smallest absolute Gasteiger partial charge is 0.129 e. The van der Waals surface area contributed by atoms with Crippen LogP contribution >= 0.6 is 0 Å². The fraction of sp³-hybridized carbons (Fsp3) is 0.613. The van der Waals surface area contributed by atoms with Gasteiger partial charge >= 0.3 is 0 Å². The third kappa shape index (κ3) is 8.83. The maximum atomic E-state index is 5.61. The van der Waals surface area contributed by atoms with E-state index in [0.29, 0.717) is 0 Å². The zero-order chi connectivity index (χ0) is 28.0. The summed E-state index contributed by atoms with van der Waals surface area (Å²) in [6.07, 6.45) is 7.59. The zero-order valence-electron chi connectivity index (χ0n) is 24.8. The minimum atomic E-state index is 0.752. The van der Waals surface area contributed by atoms with Crippen molar-refractivity contribution in [1.29, 1.82) is 0 Å². The molecule has 1 saturated heterocycles. The van der Waals surface area contributed by atoms with Gasteiger partial charge in [0.15, 0.2) is 0 Å². The summed E-state index contributed by atoms with van der Waals surface area (Å²) >= 11 is 0. The highest BCUT2D eigenvalue weighted by Gasteiger charge is 2.17. The van der Waals surface area contributed by atoms with E-state index in [1.807, 2.05) is 24.3 Å². The van der Waals surface area contributed by atoms with Crippen LogP contribution in [0.5, 0.6) is 34.5 Å². The highest BCUT2D eigenvalue weighted by atomic mass is 16.5. The summed E-state index contributed by atoms with van der Waals surface area (Å²) in [5.74, 6) is 4.84. The van der Waals surface area contributed by atoms with Crippen LogP contribution in [0.4, 0.5) is 0 Å². The molecule has 0 N–H and O–H groups in total. The lowest BCUT2D eigenvalue weighted by Crippen LogP contribution is -2.32. The zero-order valence-corrected chi connectivity index (χ0v) is 24.8. The van der Waals surface area contributed by atoms with Crippen LogP contribution in [0.3, 0.4) is 0 Å². The van der Waals surface area contributed by atoms with Gasteiger partial charge in [0.25, 0.3) is 0 Å². The highest BCUT2D eigenvalue weighted by Crippen LogP contribution is 2.36. The second-order valence-corrected chi connectivity index (χ2v) is 9.97. The molecule has 0 atom stereocenters. The molecule has 0 aromatic heterocycles. The largest absolute Gasteiger partial charge is 0.496 e. The predicted octanol–water partition coefficient (Wildman–Crippen LogP) is 5.09. The molecule has 8 nitrogen and oxygen atoms in total. The molecule has 8 heteroatoms. The van der Waals surface area contributed by atoms with Crippen molar-refractivity contribution in [3.05, 3.63) is 35.4 Å². The van der Waals surface area contributed by atoms with E-state index in [1.54, 1.807) is 42.7 Å². The molecule has 1 heterocycles. The number of hydrogen-bond donors (Lipinski definition) is 0. The van der Waals surface area contributed by atoms with Gasteiger partial charge in [-0.25, -0.2) is 0 Å². The Hall–Kier alpha value is -2.84. The standard InChI is InChI=1S/C31H48N2O6/c1-34-24-20-28(36-3)26(29(21-24)37-4)12-7-9-14-32-16-11-17-33(19-18-32)15-10-8-13-27-30(38-5)22-25(35-2)23-31(27)39-6/h20-23H,7-19H2,1-6H3. The lowest BCUT2D eigenvalue weighted by molar-refractivity contribution is 0.250. The SMILES string of the molecule is COc1cc(OC)c(CCCCN2CCCN(CCCCc3c(OC)cc(OC)cc3OC)CC2)c(OC)c1. The Balaban J connectivity index is 1.39. The molecule has 0 radical (unpaired) electrons. The van der Waals surface area contributed by atoms with Gasteiger partial charge in [-0.15, -0.1) is 0 Å². The molecule has 0 spiro atoms. The van der Waals surface area contributed by atoms with Crippen LogP contribution in [0.1, 0.15) is 43.2 Å². The quantitative estimate of drug-likeness (QED) is 0.271. The summed E-state index contributed by atoms with van der Waals surface area (Å²) in [5, 5.41) is 0. The van der Waals surface area contributed by atoms with E-state index in [4.69, 9.17) is 28.4 Å². The Kier molecular flexibility index (Phi) is 12.8. The molecule has 2 aromatic rings. The maximum Gasteiger partial charge on any atom is 0.129 e. The van der Waals surface area contributed by atoms with Gasteiger partial charge in [-0.2, -0.15) is 0 Å². The van der Waals surface area contributed by atoms with Crippen LogP contribution < -0.4 is 28.4 Å². The molecule has 0 bridgehead atoms. The summed E-state index contributed by atoms with van der Waals surface area (Å²) in [5.41, 5.74) is 2.24. The minimum Gasteiger partial charge on any atom is -0.496 e. The van der Waals surface area contributed by atoms with Gasteiger partial charge < -0.3 is 38.2 Å². The first kappa shape index (κ1) is 30.7. The number of nitrogens with zero attached hydrogens (tertiary/aromatic N) is 2. The molecule has 1 aliphatic heterocycles. The Morgan fingerprint density at radius 2 is 0.846 bits per heavy atom. The second kappa shape index (κ2) is 16.3. The van der Waals surface area contributed by atoms with E-state index in [9.17, 15) is 0 Å². The van der Waals surface area contributed by atoms with E-state index >= 15 is 0 Å². The monoisotopic (exact) mass is 544 g/mol. The van der Waals surface area contributed by atoms with Gasteiger partial charge in [0.05, 0.1) is 42.7 Å². The van der Waals surface area contributed by atoms with Crippen LogP contribution in [-0.2, 0) is 12.8 Å². The molecule has 0 amide bonds. The van der Waals surface area contributed by atoms with Crippen LogP contribution in [0, 0.1) is 0 Å². The lowest BCUT2D eigenvalue weighted by Gasteiger charge is -2.22. The van der Waals surface area contributed by atoms with E-state index in [1.165, 1.54) is 19.5 Å². The van der Waals surface area contributed by atoms with Crippen molar-refractivity contribution in [3.63, 3.8) is 0 Å².